The van der Waals surface area contributed by atoms with Gasteiger partial charge >= 0.3 is 0 Å². The Morgan fingerprint density at radius 3 is 2.71 bits per heavy atom. The number of rotatable bonds is 4. The topological polar surface area (TPSA) is 46.9 Å². The van der Waals surface area contributed by atoms with E-state index in [0.29, 0.717) is 11.6 Å². The summed E-state index contributed by atoms with van der Waals surface area (Å²) in [6.07, 6.45) is 1.78. The average molecular weight is 364 g/mol. The zero-order valence-electron chi connectivity index (χ0n) is 12.2. The maximum absolute atomic E-state index is 12.8. The zero-order valence-corrected chi connectivity index (χ0v) is 13.8. The number of halogens is 3. The Hall–Kier alpha value is -0.980. The number of alkyl halides is 2. The van der Waals surface area contributed by atoms with Gasteiger partial charge in [-0.3, -0.25) is 9.48 Å². The molecule has 0 saturated heterocycles. The van der Waals surface area contributed by atoms with Crippen LogP contribution in [0.4, 0.5) is 8.78 Å². The summed E-state index contributed by atoms with van der Waals surface area (Å²) in [4.78, 5) is 12.1. The van der Waals surface area contributed by atoms with Crippen LogP contribution in [0, 0.1) is 12.8 Å². The van der Waals surface area contributed by atoms with E-state index in [0.717, 1.165) is 19.3 Å². The molecular weight excluding hydrogens is 344 g/mol. The number of hydrogen-bond acceptors (Lipinski definition) is 2. The highest BCUT2D eigenvalue weighted by molar-refractivity contribution is 9.10. The van der Waals surface area contributed by atoms with Crippen molar-refractivity contribution >= 4 is 21.8 Å². The minimum atomic E-state index is -2.65. The van der Waals surface area contributed by atoms with E-state index in [-0.39, 0.29) is 28.7 Å². The van der Waals surface area contributed by atoms with Crippen LogP contribution < -0.4 is 5.32 Å². The van der Waals surface area contributed by atoms with E-state index in [2.05, 4.69) is 33.3 Å². The SMILES string of the molecule is Cc1c(Br)c(C(F)F)nn1CC(=O)NC1CCCCC1C. The molecule has 1 aliphatic carbocycles. The summed E-state index contributed by atoms with van der Waals surface area (Å²) in [7, 11) is 0. The Balaban J connectivity index is 2.01. The Morgan fingerprint density at radius 2 is 2.14 bits per heavy atom. The lowest BCUT2D eigenvalue weighted by molar-refractivity contribution is -0.123. The highest BCUT2D eigenvalue weighted by Crippen LogP contribution is 2.29. The van der Waals surface area contributed by atoms with Crippen LogP contribution in [0.1, 0.15) is 50.4 Å². The summed E-state index contributed by atoms with van der Waals surface area (Å²) < 4.78 is 27.2. The van der Waals surface area contributed by atoms with Crippen molar-refractivity contribution in [3.05, 3.63) is 15.9 Å². The number of carbonyl (C=O) groups excluding carboxylic acids is 1. The van der Waals surface area contributed by atoms with Gasteiger partial charge in [-0.2, -0.15) is 5.10 Å². The molecule has 0 spiro atoms. The van der Waals surface area contributed by atoms with Gasteiger partial charge in [0.2, 0.25) is 5.91 Å². The molecule has 1 aliphatic rings. The summed E-state index contributed by atoms with van der Waals surface area (Å²) in [5.74, 6) is 0.289. The molecule has 1 saturated carbocycles. The van der Waals surface area contributed by atoms with Crippen LogP contribution in [0.3, 0.4) is 0 Å². The summed E-state index contributed by atoms with van der Waals surface area (Å²) in [5.41, 5.74) is 0.225. The molecule has 2 unspecified atom stereocenters. The number of hydrogen-bond donors (Lipinski definition) is 1. The van der Waals surface area contributed by atoms with Gasteiger partial charge in [0.25, 0.3) is 6.43 Å². The van der Waals surface area contributed by atoms with Gasteiger partial charge in [0.1, 0.15) is 12.2 Å². The third-order valence-electron chi connectivity index (χ3n) is 4.12. The fourth-order valence-corrected chi connectivity index (χ4v) is 3.22. The second-order valence-corrected chi connectivity index (χ2v) is 6.47. The first-order valence-corrected chi connectivity index (χ1v) is 7.99. The fourth-order valence-electron chi connectivity index (χ4n) is 2.76. The van der Waals surface area contributed by atoms with Crippen molar-refractivity contribution < 1.29 is 13.6 Å². The van der Waals surface area contributed by atoms with Crippen molar-refractivity contribution in [2.24, 2.45) is 5.92 Å². The van der Waals surface area contributed by atoms with Crippen molar-refractivity contribution in [3.63, 3.8) is 0 Å². The third-order valence-corrected chi connectivity index (χ3v) is 5.10. The first-order chi connectivity index (χ1) is 9.90. The highest BCUT2D eigenvalue weighted by atomic mass is 79.9. The lowest BCUT2D eigenvalue weighted by atomic mass is 9.86. The molecule has 118 valence electrons. The van der Waals surface area contributed by atoms with Gasteiger partial charge in [0.15, 0.2) is 0 Å². The molecule has 1 aromatic heterocycles. The maximum Gasteiger partial charge on any atom is 0.283 e. The van der Waals surface area contributed by atoms with E-state index in [1.807, 2.05) is 0 Å². The largest absolute Gasteiger partial charge is 0.351 e. The molecule has 1 heterocycles. The van der Waals surface area contributed by atoms with Crippen LogP contribution in [-0.4, -0.2) is 21.7 Å². The molecular formula is C14H20BrF2N3O. The van der Waals surface area contributed by atoms with E-state index in [9.17, 15) is 13.6 Å². The van der Waals surface area contributed by atoms with Gasteiger partial charge in [0.05, 0.1) is 10.2 Å². The monoisotopic (exact) mass is 363 g/mol. The molecule has 1 aromatic rings. The van der Waals surface area contributed by atoms with E-state index in [1.54, 1.807) is 6.92 Å². The maximum atomic E-state index is 12.8. The van der Waals surface area contributed by atoms with Crippen molar-refractivity contribution in [3.8, 4) is 0 Å². The Morgan fingerprint density at radius 1 is 1.48 bits per heavy atom. The molecule has 21 heavy (non-hydrogen) atoms. The van der Waals surface area contributed by atoms with E-state index in [4.69, 9.17) is 0 Å². The summed E-state index contributed by atoms with van der Waals surface area (Å²) in [6.45, 7) is 3.77. The molecule has 1 fully saturated rings. The van der Waals surface area contributed by atoms with Crippen molar-refractivity contribution in [1.29, 1.82) is 0 Å². The predicted octanol–water partition coefficient (Wildman–Crippen LogP) is 3.59. The zero-order chi connectivity index (χ0) is 15.6. The molecule has 7 heteroatoms. The minimum absolute atomic E-state index is 0.0274. The predicted molar refractivity (Wildman–Crippen MR) is 79.2 cm³/mol. The van der Waals surface area contributed by atoms with Crippen LogP contribution >= 0.6 is 15.9 Å². The van der Waals surface area contributed by atoms with Crippen molar-refractivity contribution in [2.75, 3.05) is 0 Å². The molecule has 2 rings (SSSR count). The fraction of sp³-hybridized carbons (Fsp3) is 0.714. The van der Waals surface area contributed by atoms with Crippen LogP contribution in [-0.2, 0) is 11.3 Å². The number of carbonyl (C=O) groups is 1. The van der Waals surface area contributed by atoms with Gasteiger partial charge in [-0.25, -0.2) is 8.78 Å². The molecule has 2 atom stereocenters. The molecule has 1 amide bonds. The quantitative estimate of drug-likeness (QED) is 0.888. The Kier molecular flexibility index (Phi) is 5.35. The summed E-state index contributed by atoms with van der Waals surface area (Å²) in [5, 5.41) is 6.82. The number of nitrogens with one attached hydrogen (secondary N) is 1. The second kappa shape index (κ2) is 6.85. The van der Waals surface area contributed by atoms with E-state index in [1.165, 1.54) is 11.1 Å². The first-order valence-electron chi connectivity index (χ1n) is 7.20. The molecule has 4 nitrogen and oxygen atoms in total. The van der Waals surface area contributed by atoms with E-state index < -0.39 is 6.43 Å². The molecule has 0 radical (unpaired) electrons. The van der Waals surface area contributed by atoms with Crippen LogP contribution in [0.2, 0.25) is 0 Å². The standard InChI is InChI=1S/C14H20BrF2N3O/c1-8-5-3-4-6-10(8)18-11(21)7-20-9(2)12(15)13(19-20)14(16)17/h8,10,14H,3-7H2,1-2H3,(H,18,21). The van der Waals surface area contributed by atoms with Crippen LogP contribution in [0.15, 0.2) is 4.47 Å². The van der Waals surface area contributed by atoms with Crippen LogP contribution in [0.25, 0.3) is 0 Å². The molecule has 0 bridgehead atoms. The minimum Gasteiger partial charge on any atom is -0.351 e. The number of nitrogens with zero attached hydrogens (tertiary/aromatic N) is 2. The summed E-state index contributed by atoms with van der Waals surface area (Å²) >= 11 is 3.10. The molecule has 1 N–H and O–H groups in total. The van der Waals surface area contributed by atoms with Crippen LogP contribution in [0.5, 0.6) is 0 Å². The second-order valence-electron chi connectivity index (χ2n) is 5.68. The Bertz CT molecular complexity index is 519. The third kappa shape index (κ3) is 3.81. The van der Waals surface area contributed by atoms with Gasteiger partial charge in [-0.05, 0) is 41.6 Å². The van der Waals surface area contributed by atoms with Gasteiger partial charge in [-0.15, -0.1) is 0 Å². The first kappa shape index (κ1) is 16.4. The lowest BCUT2D eigenvalue weighted by Gasteiger charge is -2.29. The summed E-state index contributed by atoms with van der Waals surface area (Å²) in [6, 6.07) is 0.181. The van der Waals surface area contributed by atoms with E-state index >= 15 is 0 Å². The molecule has 0 aliphatic heterocycles. The van der Waals surface area contributed by atoms with Crippen molar-refractivity contribution in [2.45, 2.75) is 58.5 Å². The Labute approximate surface area is 131 Å². The normalized spacial score (nSPS) is 22.6. The number of aromatic nitrogens is 2. The average Bonchev–Trinajstić information content (AvgIpc) is 2.70. The smallest absolute Gasteiger partial charge is 0.283 e. The number of amides is 1. The van der Waals surface area contributed by atoms with Gasteiger partial charge in [-0.1, -0.05) is 19.8 Å². The molecule has 0 aromatic carbocycles. The highest BCUT2D eigenvalue weighted by Gasteiger charge is 2.24. The van der Waals surface area contributed by atoms with Gasteiger partial charge < -0.3 is 5.32 Å². The van der Waals surface area contributed by atoms with Gasteiger partial charge in [0, 0.05) is 6.04 Å². The van der Waals surface area contributed by atoms with Crippen molar-refractivity contribution in [1.82, 2.24) is 15.1 Å². The lowest BCUT2D eigenvalue weighted by Crippen LogP contribution is -2.42.